The van der Waals surface area contributed by atoms with Crippen molar-refractivity contribution in [3.63, 3.8) is 0 Å². The topological polar surface area (TPSA) is 95.9 Å². The van der Waals surface area contributed by atoms with Crippen LogP contribution < -0.4 is 16.9 Å². The summed E-state index contributed by atoms with van der Waals surface area (Å²) >= 11 is 0. The monoisotopic (exact) mass is 284 g/mol. The van der Waals surface area contributed by atoms with E-state index in [2.05, 4.69) is 9.97 Å². The summed E-state index contributed by atoms with van der Waals surface area (Å²) in [5.41, 5.74) is 0.617. The zero-order chi connectivity index (χ0) is 15.0. The highest BCUT2D eigenvalue weighted by Gasteiger charge is 2.11. The molecule has 2 N–H and O–H groups in total. The Kier molecular flexibility index (Phi) is 3.06. The molecule has 6 nitrogen and oxygen atoms in total. The zero-order valence-electron chi connectivity index (χ0n) is 11.2. The fourth-order valence-electron chi connectivity index (χ4n) is 2.24. The molecule has 0 aliphatic carbocycles. The van der Waals surface area contributed by atoms with Crippen LogP contribution in [0.1, 0.15) is 16.7 Å². The number of rotatable bonds is 2. The fraction of sp³-hybridized carbons (Fsp3) is 0.133. The van der Waals surface area contributed by atoms with Gasteiger partial charge in [0.25, 0.3) is 5.56 Å². The molecule has 2 aromatic heterocycles. The molecule has 3 aromatic rings. The normalized spacial score (nSPS) is 10.9. The molecule has 6 heteroatoms. The number of hydrogen-bond acceptors (Lipinski definition) is 4. The van der Waals surface area contributed by atoms with Crippen molar-refractivity contribution in [1.82, 2.24) is 9.97 Å². The van der Waals surface area contributed by atoms with Gasteiger partial charge in [0, 0.05) is 6.07 Å². The Bertz CT molecular complexity index is 972. The molecule has 0 atom stereocenters. The number of benzene rings is 1. The van der Waals surface area contributed by atoms with Crippen LogP contribution >= 0.6 is 0 Å². The zero-order valence-corrected chi connectivity index (χ0v) is 11.2. The summed E-state index contributed by atoms with van der Waals surface area (Å²) in [6.07, 6.45) is 0.400. The number of H-pyrrole nitrogens is 2. The fourth-order valence-corrected chi connectivity index (χ4v) is 2.24. The molecule has 0 amide bonds. The van der Waals surface area contributed by atoms with Crippen molar-refractivity contribution in [2.75, 3.05) is 0 Å². The van der Waals surface area contributed by atoms with Gasteiger partial charge in [0.15, 0.2) is 0 Å². The van der Waals surface area contributed by atoms with E-state index in [0.29, 0.717) is 12.0 Å². The molecule has 1 aromatic carbocycles. The van der Waals surface area contributed by atoms with Gasteiger partial charge in [-0.3, -0.25) is 14.8 Å². The van der Waals surface area contributed by atoms with Crippen molar-refractivity contribution >= 4 is 11.1 Å². The maximum absolute atomic E-state index is 11.9. The highest BCUT2D eigenvalue weighted by Crippen LogP contribution is 2.14. The van der Waals surface area contributed by atoms with Gasteiger partial charge < -0.3 is 4.42 Å². The van der Waals surface area contributed by atoms with Crippen molar-refractivity contribution in [3.05, 3.63) is 78.3 Å². The molecule has 0 aliphatic rings. The van der Waals surface area contributed by atoms with Gasteiger partial charge in [-0.15, -0.1) is 0 Å². The molecule has 3 rings (SSSR count). The Morgan fingerprint density at radius 1 is 1.05 bits per heavy atom. The molecule has 0 saturated heterocycles. The van der Waals surface area contributed by atoms with Gasteiger partial charge in [-0.25, -0.2) is 9.59 Å². The van der Waals surface area contributed by atoms with Gasteiger partial charge in [-0.05, 0) is 24.5 Å². The third kappa shape index (κ3) is 2.55. The van der Waals surface area contributed by atoms with Crippen LogP contribution in [0.3, 0.4) is 0 Å². The van der Waals surface area contributed by atoms with Crippen LogP contribution in [0.2, 0.25) is 0 Å². The minimum Gasteiger partial charge on any atom is -0.405 e. The van der Waals surface area contributed by atoms with Crippen molar-refractivity contribution < 1.29 is 4.42 Å². The molecule has 0 aliphatic heterocycles. The van der Waals surface area contributed by atoms with Gasteiger partial charge in [0.1, 0.15) is 5.39 Å². The van der Waals surface area contributed by atoms with Gasteiger partial charge >= 0.3 is 11.3 Å². The number of fused-ring (bicyclic) bond motifs is 1. The van der Waals surface area contributed by atoms with Crippen molar-refractivity contribution in [2.45, 2.75) is 13.3 Å². The SMILES string of the molecule is Cc1ccc(Cc2cc(=O)oc3[nH]c(=O)[nH]c(=O)c23)cc1. The average Bonchev–Trinajstić information content (AvgIpc) is 2.40. The van der Waals surface area contributed by atoms with Crippen molar-refractivity contribution in [1.29, 1.82) is 0 Å². The second-order valence-electron chi connectivity index (χ2n) is 4.87. The molecule has 21 heavy (non-hydrogen) atoms. The van der Waals surface area contributed by atoms with E-state index in [4.69, 9.17) is 4.42 Å². The van der Waals surface area contributed by atoms with E-state index in [1.54, 1.807) is 0 Å². The number of aromatic nitrogens is 2. The highest BCUT2D eigenvalue weighted by molar-refractivity contribution is 5.75. The third-order valence-electron chi connectivity index (χ3n) is 3.24. The molecule has 2 heterocycles. The Morgan fingerprint density at radius 3 is 2.48 bits per heavy atom. The van der Waals surface area contributed by atoms with Gasteiger partial charge in [0.05, 0.1) is 0 Å². The third-order valence-corrected chi connectivity index (χ3v) is 3.24. The quantitative estimate of drug-likeness (QED) is 0.735. The molecule has 0 bridgehead atoms. The van der Waals surface area contributed by atoms with E-state index in [9.17, 15) is 14.4 Å². The first-order valence-corrected chi connectivity index (χ1v) is 6.38. The summed E-state index contributed by atoms with van der Waals surface area (Å²) < 4.78 is 4.89. The minimum absolute atomic E-state index is 0.0987. The summed E-state index contributed by atoms with van der Waals surface area (Å²) in [4.78, 5) is 39.2. The van der Waals surface area contributed by atoms with E-state index >= 15 is 0 Å². The summed E-state index contributed by atoms with van der Waals surface area (Å²) in [6, 6.07) is 9.03. The summed E-state index contributed by atoms with van der Waals surface area (Å²) in [6.45, 7) is 1.98. The van der Waals surface area contributed by atoms with Crippen LogP contribution in [0.15, 0.2) is 49.1 Å². The smallest absolute Gasteiger partial charge is 0.337 e. The number of hydrogen-bond donors (Lipinski definition) is 2. The lowest BCUT2D eigenvalue weighted by atomic mass is 10.0. The second-order valence-corrected chi connectivity index (χ2v) is 4.87. The summed E-state index contributed by atoms with van der Waals surface area (Å²) in [7, 11) is 0. The lowest BCUT2D eigenvalue weighted by molar-refractivity contribution is 0.545. The van der Waals surface area contributed by atoms with Gasteiger partial charge in [0.2, 0.25) is 5.71 Å². The first-order valence-electron chi connectivity index (χ1n) is 6.38. The number of aryl methyl sites for hydroxylation is 1. The van der Waals surface area contributed by atoms with E-state index in [-0.39, 0.29) is 11.1 Å². The maximum Gasteiger partial charge on any atom is 0.337 e. The number of nitrogens with one attached hydrogen (secondary N) is 2. The predicted molar refractivity (Wildman–Crippen MR) is 77.7 cm³/mol. The second kappa shape index (κ2) is 4.90. The first kappa shape index (κ1) is 13.1. The molecular formula is C15H12N2O4. The van der Waals surface area contributed by atoms with Crippen LogP contribution in [0.4, 0.5) is 0 Å². The van der Waals surface area contributed by atoms with Crippen molar-refractivity contribution in [3.8, 4) is 0 Å². The van der Waals surface area contributed by atoms with Crippen LogP contribution in [0.25, 0.3) is 11.1 Å². The Balaban J connectivity index is 2.22. The molecule has 0 unspecified atom stereocenters. The van der Waals surface area contributed by atoms with E-state index < -0.39 is 16.9 Å². The van der Waals surface area contributed by atoms with Crippen LogP contribution in [0.5, 0.6) is 0 Å². The van der Waals surface area contributed by atoms with E-state index in [0.717, 1.165) is 11.1 Å². The Morgan fingerprint density at radius 2 is 1.76 bits per heavy atom. The summed E-state index contributed by atoms with van der Waals surface area (Å²) in [5, 5.41) is 0.190. The Hall–Kier alpha value is -2.89. The lowest BCUT2D eigenvalue weighted by Gasteiger charge is -2.05. The summed E-state index contributed by atoms with van der Waals surface area (Å²) in [5.74, 6) is 0. The molecule has 0 spiro atoms. The molecular weight excluding hydrogens is 272 g/mol. The van der Waals surface area contributed by atoms with Crippen LogP contribution in [-0.4, -0.2) is 9.97 Å². The van der Waals surface area contributed by atoms with E-state index in [1.807, 2.05) is 31.2 Å². The standard InChI is InChI=1S/C15H12N2O4/c1-8-2-4-9(5-3-8)6-10-7-11(18)21-14-12(10)13(19)16-15(20)17-14/h2-5,7H,6H2,1H3,(H2,16,17,19,20). The highest BCUT2D eigenvalue weighted by atomic mass is 16.4. The molecule has 0 saturated carbocycles. The molecule has 106 valence electrons. The van der Waals surface area contributed by atoms with Crippen LogP contribution in [-0.2, 0) is 6.42 Å². The molecule has 0 radical (unpaired) electrons. The van der Waals surface area contributed by atoms with E-state index in [1.165, 1.54) is 6.07 Å². The lowest BCUT2D eigenvalue weighted by Crippen LogP contribution is -2.24. The van der Waals surface area contributed by atoms with Crippen molar-refractivity contribution in [2.24, 2.45) is 0 Å². The molecule has 0 fully saturated rings. The van der Waals surface area contributed by atoms with Gasteiger partial charge in [-0.2, -0.15) is 0 Å². The number of aromatic amines is 2. The average molecular weight is 284 g/mol. The Labute approximate surface area is 118 Å². The van der Waals surface area contributed by atoms with Crippen LogP contribution in [0, 0.1) is 6.92 Å². The maximum atomic E-state index is 11.9. The van der Waals surface area contributed by atoms with Gasteiger partial charge in [-0.1, -0.05) is 29.8 Å². The predicted octanol–water partition coefficient (Wildman–Crippen LogP) is 1.07. The minimum atomic E-state index is -0.705. The first-order chi connectivity index (χ1) is 10.0. The largest absolute Gasteiger partial charge is 0.405 e.